The molecule has 1 saturated carbocycles. The monoisotopic (exact) mass is 400 g/mol. The van der Waals surface area contributed by atoms with E-state index < -0.39 is 5.60 Å². The zero-order valence-corrected chi connectivity index (χ0v) is 18.1. The van der Waals surface area contributed by atoms with Crippen LogP contribution in [0.25, 0.3) is 10.1 Å². The van der Waals surface area contributed by atoms with Crippen LogP contribution in [-0.2, 0) is 11.3 Å². The van der Waals surface area contributed by atoms with Crippen LogP contribution in [-0.4, -0.2) is 35.2 Å². The molecule has 1 aliphatic carbocycles. The maximum Gasteiger partial charge on any atom is 0.410 e. The quantitative estimate of drug-likeness (QED) is 0.730. The van der Waals surface area contributed by atoms with E-state index in [0.717, 1.165) is 25.9 Å². The van der Waals surface area contributed by atoms with Gasteiger partial charge in [0.05, 0.1) is 0 Å². The first kappa shape index (κ1) is 19.7. The van der Waals surface area contributed by atoms with Gasteiger partial charge in [-0.3, -0.25) is 0 Å². The van der Waals surface area contributed by atoms with Crippen LogP contribution in [0, 0.1) is 5.92 Å². The van der Waals surface area contributed by atoms with E-state index in [-0.39, 0.29) is 12.1 Å². The minimum absolute atomic E-state index is 0.129. The van der Waals surface area contributed by atoms with Crippen molar-refractivity contribution in [3.8, 4) is 0 Å². The second-order valence-corrected chi connectivity index (χ2v) is 10.4. The normalized spacial score (nSPS) is 25.1. The Labute approximate surface area is 172 Å². The topological polar surface area (TPSA) is 41.6 Å². The maximum absolute atomic E-state index is 13.0. The first-order valence-corrected chi connectivity index (χ1v) is 11.4. The summed E-state index contributed by atoms with van der Waals surface area (Å²) in [6, 6.07) is 11.4. The average Bonchev–Trinajstić information content (AvgIpc) is 3.20. The van der Waals surface area contributed by atoms with Gasteiger partial charge in [0.15, 0.2) is 0 Å². The smallest absolute Gasteiger partial charge is 0.410 e. The number of benzene rings is 1. The molecule has 3 atom stereocenters. The summed E-state index contributed by atoms with van der Waals surface area (Å²) < 4.78 is 7.10. The Kier molecular flexibility index (Phi) is 5.66. The molecule has 1 aromatic carbocycles. The highest BCUT2D eigenvalue weighted by molar-refractivity contribution is 7.19. The molecule has 2 unspecified atom stereocenters. The van der Waals surface area contributed by atoms with E-state index in [4.69, 9.17) is 4.74 Å². The number of nitrogens with zero attached hydrogens (tertiary/aromatic N) is 1. The number of amides is 1. The fraction of sp³-hybridized carbons (Fsp3) is 0.609. The third-order valence-electron chi connectivity index (χ3n) is 5.95. The molecule has 1 aliphatic heterocycles. The number of hydrogen-bond acceptors (Lipinski definition) is 4. The van der Waals surface area contributed by atoms with E-state index in [9.17, 15) is 4.79 Å². The van der Waals surface area contributed by atoms with Gasteiger partial charge in [0.25, 0.3) is 0 Å². The van der Waals surface area contributed by atoms with Crippen LogP contribution >= 0.6 is 11.3 Å². The zero-order valence-electron chi connectivity index (χ0n) is 17.2. The van der Waals surface area contributed by atoms with Crippen molar-refractivity contribution in [1.29, 1.82) is 0 Å². The van der Waals surface area contributed by atoms with Gasteiger partial charge in [-0.2, -0.15) is 0 Å². The molecular weight excluding hydrogens is 368 g/mol. The number of hydrogen-bond donors (Lipinski definition) is 1. The molecule has 152 valence electrons. The summed E-state index contributed by atoms with van der Waals surface area (Å²) in [5, 5.41) is 4.93. The molecule has 0 bridgehead atoms. The highest BCUT2D eigenvalue weighted by Crippen LogP contribution is 2.40. The lowest BCUT2D eigenvalue weighted by molar-refractivity contribution is 0.0104. The second-order valence-electron chi connectivity index (χ2n) is 9.27. The molecule has 2 aliphatic rings. The average molecular weight is 401 g/mol. The summed E-state index contributed by atoms with van der Waals surface area (Å²) in [5.74, 6) is 0.636. The van der Waals surface area contributed by atoms with E-state index in [0.29, 0.717) is 12.0 Å². The number of carbonyl (C=O) groups is 1. The molecule has 1 amide bonds. The first-order valence-electron chi connectivity index (χ1n) is 10.6. The van der Waals surface area contributed by atoms with E-state index in [1.807, 2.05) is 32.1 Å². The largest absolute Gasteiger partial charge is 0.444 e. The maximum atomic E-state index is 13.0. The zero-order chi connectivity index (χ0) is 19.7. The molecule has 4 nitrogen and oxygen atoms in total. The summed E-state index contributed by atoms with van der Waals surface area (Å²) in [6.45, 7) is 7.55. The third-order valence-corrected chi connectivity index (χ3v) is 7.07. The Bertz CT molecular complexity index is 792. The van der Waals surface area contributed by atoms with E-state index in [2.05, 4.69) is 40.5 Å². The summed E-state index contributed by atoms with van der Waals surface area (Å²) in [7, 11) is 0. The first-order chi connectivity index (χ1) is 13.4. The highest BCUT2D eigenvalue weighted by atomic mass is 32.1. The molecule has 28 heavy (non-hydrogen) atoms. The number of rotatable bonds is 4. The van der Waals surface area contributed by atoms with Gasteiger partial charge < -0.3 is 15.0 Å². The number of likely N-dealkylation sites (tertiary alicyclic amines) is 1. The lowest BCUT2D eigenvalue weighted by atomic mass is 9.85. The Morgan fingerprint density at radius 3 is 2.82 bits per heavy atom. The van der Waals surface area contributed by atoms with Crippen molar-refractivity contribution in [2.24, 2.45) is 5.92 Å². The van der Waals surface area contributed by atoms with Crippen LogP contribution < -0.4 is 5.32 Å². The van der Waals surface area contributed by atoms with Gasteiger partial charge >= 0.3 is 6.09 Å². The Balaban J connectivity index is 1.41. The number of thiophene rings is 1. The van der Waals surface area contributed by atoms with Crippen LogP contribution in [0.1, 0.15) is 57.8 Å². The SMILES string of the molecule is CC(C)(C)OC(=O)N1C2CCCCC2C[C@H]1CNCc1cc2ccccc2s1. The Hall–Kier alpha value is -1.59. The van der Waals surface area contributed by atoms with Crippen LogP contribution in [0.3, 0.4) is 0 Å². The Morgan fingerprint density at radius 2 is 2.04 bits per heavy atom. The molecule has 5 heteroatoms. The molecule has 2 heterocycles. The number of fused-ring (bicyclic) bond motifs is 2. The minimum atomic E-state index is -0.446. The summed E-state index contributed by atoms with van der Waals surface area (Å²) in [6.07, 6.45) is 5.86. The number of ether oxygens (including phenoxy) is 1. The molecule has 1 saturated heterocycles. The summed E-state index contributed by atoms with van der Waals surface area (Å²) in [4.78, 5) is 16.4. The molecule has 2 aromatic rings. The van der Waals surface area contributed by atoms with Crippen LogP contribution in [0.5, 0.6) is 0 Å². The molecular formula is C23H32N2O2S. The number of carbonyl (C=O) groups excluding carboxylic acids is 1. The van der Waals surface area contributed by atoms with Crippen molar-refractivity contribution < 1.29 is 9.53 Å². The van der Waals surface area contributed by atoms with Crippen molar-refractivity contribution >= 4 is 27.5 Å². The van der Waals surface area contributed by atoms with E-state index >= 15 is 0 Å². The minimum Gasteiger partial charge on any atom is -0.444 e. The summed E-state index contributed by atoms with van der Waals surface area (Å²) in [5.41, 5.74) is -0.446. The molecule has 0 radical (unpaired) electrons. The van der Waals surface area contributed by atoms with Crippen molar-refractivity contribution in [2.75, 3.05) is 6.54 Å². The van der Waals surface area contributed by atoms with Gasteiger partial charge in [-0.15, -0.1) is 11.3 Å². The Morgan fingerprint density at radius 1 is 1.25 bits per heavy atom. The van der Waals surface area contributed by atoms with E-state index in [1.165, 1.54) is 34.2 Å². The van der Waals surface area contributed by atoms with Gasteiger partial charge in [0, 0.05) is 34.8 Å². The van der Waals surface area contributed by atoms with Gasteiger partial charge in [-0.05, 0) is 63.5 Å². The van der Waals surface area contributed by atoms with Crippen LogP contribution in [0.2, 0.25) is 0 Å². The lowest BCUT2D eigenvalue weighted by Crippen LogP contribution is -2.48. The number of nitrogens with one attached hydrogen (secondary N) is 1. The summed E-state index contributed by atoms with van der Waals surface area (Å²) >= 11 is 1.85. The fourth-order valence-corrected chi connectivity index (χ4v) is 5.86. The van der Waals surface area contributed by atoms with Crippen molar-refractivity contribution in [1.82, 2.24) is 10.2 Å². The second kappa shape index (κ2) is 8.03. The lowest BCUT2D eigenvalue weighted by Gasteiger charge is -2.35. The van der Waals surface area contributed by atoms with Gasteiger partial charge in [-0.1, -0.05) is 31.0 Å². The molecule has 4 rings (SSSR count). The van der Waals surface area contributed by atoms with Crippen molar-refractivity contribution in [2.45, 2.75) is 77.1 Å². The van der Waals surface area contributed by atoms with Crippen LogP contribution in [0.15, 0.2) is 30.3 Å². The molecule has 2 fully saturated rings. The van der Waals surface area contributed by atoms with Gasteiger partial charge in [0.1, 0.15) is 5.60 Å². The standard InChI is InChI=1S/C23H32N2O2S/c1-23(2,3)27-22(26)25-18(12-16-8-4-6-10-20(16)25)14-24-15-19-13-17-9-5-7-11-21(17)28-19/h5,7,9,11,13,16,18,20,24H,4,6,8,10,12,14-15H2,1-3H3/t16?,18-,20?/m0/s1. The predicted octanol–water partition coefficient (Wildman–Crippen LogP) is 5.56. The van der Waals surface area contributed by atoms with Crippen molar-refractivity contribution in [3.05, 3.63) is 35.2 Å². The van der Waals surface area contributed by atoms with Gasteiger partial charge in [-0.25, -0.2) is 4.79 Å². The van der Waals surface area contributed by atoms with Crippen LogP contribution in [0.4, 0.5) is 4.79 Å². The molecule has 0 spiro atoms. The predicted molar refractivity (Wildman–Crippen MR) is 116 cm³/mol. The molecule has 1 aromatic heterocycles. The van der Waals surface area contributed by atoms with Gasteiger partial charge in [0.2, 0.25) is 0 Å². The molecule has 1 N–H and O–H groups in total. The fourth-order valence-electron chi connectivity index (χ4n) is 4.83. The third kappa shape index (κ3) is 4.36. The van der Waals surface area contributed by atoms with E-state index in [1.54, 1.807) is 0 Å². The highest BCUT2D eigenvalue weighted by Gasteiger charge is 2.45. The van der Waals surface area contributed by atoms with Crippen molar-refractivity contribution in [3.63, 3.8) is 0 Å².